The van der Waals surface area contributed by atoms with Gasteiger partial charge in [-0.3, -0.25) is 14.4 Å². The molecule has 6 rings (SSSR count). The summed E-state index contributed by atoms with van der Waals surface area (Å²) in [7, 11) is -3.47. The number of fused-ring (bicyclic) bond motifs is 2. The second-order valence-electron chi connectivity index (χ2n) is 13.6. The van der Waals surface area contributed by atoms with E-state index in [1.807, 2.05) is 90.7 Å². The van der Waals surface area contributed by atoms with E-state index >= 15 is 4.11 Å². The molecule has 248 valence electrons. The summed E-state index contributed by atoms with van der Waals surface area (Å²) in [5, 5.41) is 9.77. The molecule has 1 N–H and O–H groups in total. The highest BCUT2D eigenvalue weighted by molar-refractivity contribution is 6.72. The zero-order valence-corrected chi connectivity index (χ0v) is 28.4. The lowest BCUT2D eigenvalue weighted by Gasteiger charge is -2.31. The number of carbonyl (C=O) groups is 3. The SMILES string of the molecule is C[C@H]1[C@H]([Si](C)(C)F)[C@@H](CC(=O)N(CCO)Cc2ccccc2)O[C@]12C(=O)N(Cc1cccc(N3CCCCC3=O)c1)c1ccccc12. The summed E-state index contributed by atoms with van der Waals surface area (Å²) in [5.74, 6) is -0.933. The molecule has 8 nitrogen and oxygen atoms in total. The van der Waals surface area contributed by atoms with Crippen molar-refractivity contribution < 1.29 is 28.3 Å². The van der Waals surface area contributed by atoms with E-state index in [4.69, 9.17) is 4.74 Å². The molecule has 4 atom stereocenters. The summed E-state index contributed by atoms with van der Waals surface area (Å²) in [6.45, 7) is 6.32. The Hall–Kier alpha value is -3.86. The lowest BCUT2D eigenvalue weighted by molar-refractivity contribution is -0.150. The minimum absolute atomic E-state index is 0.0920. The van der Waals surface area contributed by atoms with E-state index < -0.39 is 31.6 Å². The van der Waals surface area contributed by atoms with Crippen LogP contribution in [-0.2, 0) is 37.8 Å². The van der Waals surface area contributed by atoms with E-state index in [2.05, 4.69) is 0 Å². The van der Waals surface area contributed by atoms with Gasteiger partial charge in [-0.1, -0.05) is 67.6 Å². The molecule has 3 aromatic rings. The first-order valence-corrected chi connectivity index (χ1v) is 19.6. The van der Waals surface area contributed by atoms with E-state index in [1.165, 1.54) is 0 Å². The van der Waals surface area contributed by atoms with Crippen molar-refractivity contribution in [3.8, 4) is 0 Å². The minimum Gasteiger partial charge on any atom is -0.395 e. The predicted molar refractivity (Wildman–Crippen MR) is 182 cm³/mol. The number of hydrogen-bond acceptors (Lipinski definition) is 5. The topological polar surface area (TPSA) is 90.4 Å². The van der Waals surface area contributed by atoms with Crippen LogP contribution >= 0.6 is 0 Å². The molecule has 0 aromatic heterocycles. The number of amides is 3. The number of benzene rings is 3. The Balaban J connectivity index is 1.30. The molecule has 10 heteroatoms. The van der Waals surface area contributed by atoms with Gasteiger partial charge in [0.05, 0.1) is 31.4 Å². The lowest BCUT2D eigenvalue weighted by Crippen LogP contribution is -2.45. The van der Waals surface area contributed by atoms with Gasteiger partial charge in [0.2, 0.25) is 20.2 Å². The number of hydrogen-bond donors (Lipinski definition) is 1. The fourth-order valence-corrected chi connectivity index (χ4v) is 10.5. The third kappa shape index (κ3) is 6.26. The maximum Gasteiger partial charge on any atom is 0.264 e. The molecule has 3 aliphatic rings. The monoisotopic (exact) mass is 657 g/mol. The van der Waals surface area contributed by atoms with Gasteiger partial charge in [0.25, 0.3) is 5.91 Å². The number of rotatable bonds is 10. The Kier molecular flexibility index (Phi) is 9.38. The van der Waals surface area contributed by atoms with E-state index in [0.29, 0.717) is 30.8 Å². The van der Waals surface area contributed by atoms with Gasteiger partial charge < -0.3 is 28.7 Å². The molecule has 47 heavy (non-hydrogen) atoms. The average Bonchev–Trinajstić information content (AvgIpc) is 3.48. The Morgan fingerprint density at radius 3 is 2.47 bits per heavy atom. The highest BCUT2D eigenvalue weighted by atomic mass is 28.4. The summed E-state index contributed by atoms with van der Waals surface area (Å²) in [5.41, 5.74) is 1.95. The Morgan fingerprint density at radius 1 is 1.02 bits per heavy atom. The van der Waals surface area contributed by atoms with Gasteiger partial charge in [-0.25, -0.2) is 0 Å². The summed E-state index contributed by atoms with van der Waals surface area (Å²) in [4.78, 5) is 46.3. The maximum absolute atomic E-state index is 16.3. The van der Waals surface area contributed by atoms with Gasteiger partial charge in [-0.05, 0) is 55.3 Å². The third-order valence-electron chi connectivity index (χ3n) is 10.1. The standard InChI is InChI=1S/C37H44FN3O5Si/c1-26-35(47(2,3)38)32(23-34(44)39(20-21-42)24-27-12-5-4-6-13-27)46-37(26)30-16-7-8-17-31(30)41(36(37)45)25-28-14-11-15-29(22-28)40-19-10-9-18-33(40)43/h4-8,11-17,22,26,32,35,42H,9-10,18-21,23-25H2,1-3H3/t26-,32+,35-,37+/m0/s1. The third-order valence-corrected chi connectivity index (χ3v) is 12.5. The number of ether oxygens (including phenoxy) is 1. The van der Waals surface area contributed by atoms with Gasteiger partial charge in [-0.2, -0.15) is 0 Å². The van der Waals surface area contributed by atoms with Gasteiger partial charge in [0.1, 0.15) is 0 Å². The fourth-order valence-electron chi connectivity index (χ4n) is 7.96. The summed E-state index contributed by atoms with van der Waals surface area (Å²) < 4.78 is 23.1. The van der Waals surface area contributed by atoms with Crippen molar-refractivity contribution in [2.24, 2.45) is 5.92 Å². The molecule has 0 saturated carbocycles. The minimum atomic E-state index is -3.47. The smallest absolute Gasteiger partial charge is 0.264 e. The van der Waals surface area contributed by atoms with Crippen LogP contribution in [0.25, 0.3) is 0 Å². The number of carbonyl (C=O) groups excluding carboxylic acids is 3. The zero-order chi connectivity index (χ0) is 33.3. The van der Waals surface area contributed by atoms with Crippen molar-refractivity contribution in [1.29, 1.82) is 0 Å². The van der Waals surface area contributed by atoms with Crippen LogP contribution in [0.1, 0.15) is 49.3 Å². The fraction of sp³-hybridized carbons (Fsp3) is 0.432. The van der Waals surface area contributed by atoms with Gasteiger partial charge in [0.15, 0.2) is 5.60 Å². The van der Waals surface area contributed by atoms with Crippen LogP contribution in [0.3, 0.4) is 0 Å². The molecule has 3 amide bonds. The molecular weight excluding hydrogens is 614 g/mol. The van der Waals surface area contributed by atoms with Gasteiger partial charge in [0, 0.05) is 48.8 Å². The van der Waals surface area contributed by atoms with Crippen LogP contribution < -0.4 is 9.80 Å². The Morgan fingerprint density at radius 2 is 1.74 bits per heavy atom. The van der Waals surface area contributed by atoms with E-state index in [9.17, 15) is 19.5 Å². The van der Waals surface area contributed by atoms with Crippen LogP contribution in [0.5, 0.6) is 0 Å². The van der Waals surface area contributed by atoms with E-state index in [0.717, 1.165) is 29.7 Å². The Bertz CT molecular complexity index is 1630. The molecular formula is C37H44FN3O5Si. The second-order valence-corrected chi connectivity index (χ2v) is 17.4. The number of nitrogens with zero attached hydrogens (tertiary/aromatic N) is 3. The molecule has 1 spiro atoms. The number of piperidine rings is 1. The molecule has 0 radical (unpaired) electrons. The Labute approximate surface area is 277 Å². The van der Waals surface area contributed by atoms with Crippen molar-refractivity contribution in [1.82, 2.24) is 4.90 Å². The van der Waals surface area contributed by atoms with Crippen LogP contribution in [0, 0.1) is 5.92 Å². The molecule has 3 aromatic carbocycles. The first-order chi connectivity index (χ1) is 22.5. The van der Waals surface area contributed by atoms with Crippen molar-refractivity contribution in [3.63, 3.8) is 0 Å². The summed E-state index contributed by atoms with van der Waals surface area (Å²) >= 11 is 0. The van der Waals surface area contributed by atoms with Crippen molar-refractivity contribution in [3.05, 3.63) is 95.6 Å². The molecule has 0 unspecified atom stereocenters. The number of anilines is 2. The molecule has 3 aliphatic heterocycles. The average molecular weight is 658 g/mol. The summed E-state index contributed by atoms with van der Waals surface area (Å²) in [6.07, 6.45) is 1.47. The van der Waals surface area contributed by atoms with Crippen LogP contribution in [0.2, 0.25) is 18.6 Å². The highest BCUT2D eigenvalue weighted by Gasteiger charge is 2.67. The predicted octanol–water partition coefficient (Wildman–Crippen LogP) is 5.94. The first-order valence-electron chi connectivity index (χ1n) is 16.6. The largest absolute Gasteiger partial charge is 0.395 e. The molecule has 2 saturated heterocycles. The molecule has 0 bridgehead atoms. The normalized spacial score (nSPS) is 24.2. The van der Waals surface area contributed by atoms with Crippen molar-refractivity contribution in [2.75, 3.05) is 29.5 Å². The number of halogens is 1. The highest BCUT2D eigenvalue weighted by Crippen LogP contribution is 2.60. The number of para-hydroxylation sites is 1. The number of aliphatic hydroxyl groups is 1. The van der Waals surface area contributed by atoms with Crippen LogP contribution in [0.4, 0.5) is 15.5 Å². The second kappa shape index (κ2) is 13.3. The first kappa shape index (κ1) is 33.1. The maximum atomic E-state index is 16.3. The number of aliphatic hydroxyl groups excluding tert-OH is 1. The van der Waals surface area contributed by atoms with Crippen molar-refractivity contribution >= 4 is 37.5 Å². The lowest BCUT2D eigenvalue weighted by atomic mass is 9.82. The van der Waals surface area contributed by atoms with Crippen molar-refractivity contribution in [2.45, 2.75) is 76.0 Å². The zero-order valence-electron chi connectivity index (χ0n) is 27.4. The molecule has 3 heterocycles. The summed E-state index contributed by atoms with van der Waals surface area (Å²) in [6, 6.07) is 24.8. The van der Waals surface area contributed by atoms with Crippen LogP contribution in [-0.4, -0.2) is 61.9 Å². The molecule has 0 aliphatic carbocycles. The van der Waals surface area contributed by atoms with Gasteiger partial charge in [-0.15, -0.1) is 0 Å². The van der Waals surface area contributed by atoms with Gasteiger partial charge >= 0.3 is 0 Å². The van der Waals surface area contributed by atoms with Crippen LogP contribution in [0.15, 0.2) is 78.9 Å². The van der Waals surface area contributed by atoms with E-state index in [-0.39, 0.29) is 43.8 Å². The quantitative estimate of drug-likeness (QED) is 0.216. The van der Waals surface area contributed by atoms with E-state index in [1.54, 1.807) is 22.9 Å². The molecule has 2 fully saturated rings.